The van der Waals surface area contributed by atoms with Crippen LogP contribution >= 0.6 is 0 Å². The number of hydrogen-bond acceptors (Lipinski definition) is 0. The van der Waals surface area contributed by atoms with Gasteiger partial charge in [-0.25, -0.2) is 0 Å². The molecule has 2 unspecified atom stereocenters. The molecule has 2 aliphatic carbocycles. The van der Waals surface area contributed by atoms with Gasteiger partial charge < -0.3 is 13.3 Å². The van der Waals surface area contributed by atoms with E-state index in [0.717, 1.165) is 11.8 Å². The Bertz CT molecular complexity index is 122. The normalized spacial score (nSPS) is 28.5. The Kier molecular flexibility index (Phi) is 10.6. The van der Waals surface area contributed by atoms with E-state index in [1.165, 1.54) is 32.1 Å². The molecule has 2 bridgehead atoms. The summed E-state index contributed by atoms with van der Waals surface area (Å²) in [5, 5.41) is 0. The molecule has 0 heterocycles. The summed E-state index contributed by atoms with van der Waals surface area (Å²) < 4.78 is 0. The van der Waals surface area contributed by atoms with Crippen LogP contribution in [-0.2, 0) is 17.1 Å². The van der Waals surface area contributed by atoms with E-state index in [1.807, 2.05) is 19.8 Å². The predicted octanol–water partition coefficient (Wildman–Crippen LogP) is 4.65. The van der Waals surface area contributed by atoms with Crippen LogP contribution in [0.5, 0.6) is 0 Å². The topological polar surface area (TPSA) is 0 Å². The van der Waals surface area contributed by atoms with Crippen LogP contribution in [-0.4, -0.2) is 0 Å². The second-order valence-corrected chi connectivity index (χ2v) is 3.99. The Labute approximate surface area is 102 Å². The molecule has 0 N–H and O–H groups in total. The van der Waals surface area contributed by atoms with Crippen LogP contribution in [0.4, 0.5) is 0 Å². The van der Waals surface area contributed by atoms with Gasteiger partial charge in [-0.3, -0.25) is 0 Å². The van der Waals surface area contributed by atoms with Gasteiger partial charge in [0.1, 0.15) is 0 Å². The summed E-state index contributed by atoms with van der Waals surface area (Å²) >= 11 is 0. The van der Waals surface area contributed by atoms with E-state index in [2.05, 4.69) is 6.92 Å². The molecule has 0 aliphatic heterocycles. The van der Waals surface area contributed by atoms with Crippen LogP contribution in [0.3, 0.4) is 0 Å². The van der Waals surface area contributed by atoms with Crippen molar-refractivity contribution in [3.63, 3.8) is 0 Å². The molecule has 2 aliphatic rings. The zero-order valence-electron chi connectivity index (χ0n) is 10.3. The minimum absolute atomic E-state index is 0. The van der Waals surface area contributed by atoms with Gasteiger partial charge >= 0.3 is 17.1 Å². The number of hydrogen-bond donors (Lipinski definition) is 0. The SMILES string of the molecule is CC.CCC[C-]1CC2CCC1C2.[CH3-].[Mn+2]. The summed E-state index contributed by atoms with van der Waals surface area (Å²) in [6.45, 7) is 6.30. The van der Waals surface area contributed by atoms with Crippen LogP contribution in [0.1, 0.15) is 59.3 Å². The maximum absolute atomic E-state index is 2.30. The Morgan fingerprint density at radius 2 is 1.86 bits per heavy atom. The van der Waals surface area contributed by atoms with Crippen LogP contribution in [0.25, 0.3) is 0 Å². The van der Waals surface area contributed by atoms with Crippen molar-refractivity contribution in [1.82, 2.24) is 0 Å². The van der Waals surface area contributed by atoms with E-state index in [1.54, 1.807) is 6.42 Å². The third-order valence-electron chi connectivity index (χ3n) is 3.24. The first-order valence-corrected chi connectivity index (χ1v) is 5.74. The number of fused-ring (bicyclic) bond motifs is 2. The van der Waals surface area contributed by atoms with Gasteiger partial charge in [0.15, 0.2) is 0 Å². The summed E-state index contributed by atoms with van der Waals surface area (Å²) in [5.41, 5.74) is 0. The molecule has 2 rings (SSSR count). The molecule has 0 aromatic rings. The predicted molar refractivity (Wildman–Crippen MR) is 61.4 cm³/mol. The maximum Gasteiger partial charge on any atom is 2.00 e. The minimum Gasteiger partial charge on any atom is -0.358 e. The standard InChI is InChI=1S/C10H17.C2H6.CH3.Mn/c1-2-3-9-6-8-4-5-10(9)7-8;1-2;;/h8,10H,2-7H2,1H3;1-2H3;1H3;/q-1;;-1;+2. The van der Waals surface area contributed by atoms with Crippen LogP contribution in [0, 0.1) is 25.2 Å². The molecule has 0 saturated heterocycles. The average Bonchev–Trinajstić information content (AvgIpc) is 2.69. The quantitative estimate of drug-likeness (QED) is 0.484. The van der Waals surface area contributed by atoms with Gasteiger partial charge in [-0.2, -0.15) is 18.8 Å². The molecule has 1 heteroatoms. The molecular weight excluding hydrogens is 211 g/mol. The van der Waals surface area contributed by atoms with Crippen LogP contribution < -0.4 is 0 Å². The monoisotopic (exact) mass is 237 g/mol. The summed E-state index contributed by atoms with van der Waals surface area (Å²) in [4.78, 5) is 0. The summed E-state index contributed by atoms with van der Waals surface area (Å²) in [6, 6.07) is 0. The first-order chi connectivity index (χ1) is 5.90. The fourth-order valence-corrected chi connectivity index (χ4v) is 2.80. The van der Waals surface area contributed by atoms with E-state index >= 15 is 0 Å². The molecule has 2 fully saturated rings. The van der Waals surface area contributed by atoms with Crippen molar-refractivity contribution < 1.29 is 17.1 Å². The average molecular weight is 237 g/mol. The zero-order chi connectivity index (χ0) is 8.97. The van der Waals surface area contributed by atoms with E-state index < -0.39 is 0 Å². The smallest absolute Gasteiger partial charge is 0.358 e. The fourth-order valence-electron chi connectivity index (χ4n) is 2.80. The Morgan fingerprint density at radius 3 is 2.21 bits per heavy atom. The van der Waals surface area contributed by atoms with Crippen molar-refractivity contribution in [3.8, 4) is 0 Å². The van der Waals surface area contributed by atoms with Crippen molar-refractivity contribution in [3.05, 3.63) is 13.3 Å². The maximum atomic E-state index is 2.30. The van der Waals surface area contributed by atoms with Gasteiger partial charge in [0.25, 0.3) is 0 Å². The minimum atomic E-state index is 0. The van der Waals surface area contributed by atoms with E-state index in [9.17, 15) is 0 Å². The van der Waals surface area contributed by atoms with E-state index in [-0.39, 0.29) is 24.5 Å². The second-order valence-electron chi connectivity index (χ2n) is 3.99. The van der Waals surface area contributed by atoms with Gasteiger partial charge in [0, 0.05) is 0 Å². The Hall–Kier alpha value is 0.519. The van der Waals surface area contributed by atoms with Gasteiger partial charge in [-0.1, -0.05) is 52.4 Å². The van der Waals surface area contributed by atoms with Crippen molar-refractivity contribution in [2.24, 2.45) is 11.8 Å². The Balaban J connectivity index is 0. The fraction of sp³-hybridized carbons (Fsp3) is 0.846. The molecule has 2 saturated carbocycles. The van der Waals surface area contributed by atoms with Crippen molar-refractivity contribution in [2.45, 2.75) is 59.3 Å². The molecule has 0 aromatic carbocycles. The van der Waals surface area contributed by atoms with Crippen molar-refractivity contribution in [2.75, 3.05) is 0 Å². The molecule has 0 spiro atoms. The van der Waals surface area contributed by atoms with Gasteiger partial charge in [0.05, 0.1) is 0 Å². The molecule has 14 heavy (non-hydrogen) atoms. The van der Waals surface area contributed by atoms with Gasteiger partial charge in [0.2, 0.25) is 0 Å². The third kappa shape index (κ3) is 3.95. The third-order valence-corrected chi connectivity index (χ3v) is 3.24. The number of rotatable bonds is 2. The van der Waals surface area contributed by atoms with Crippen LogP contribution in [0.2, 0.25) is 0 Å². The second kappa shape index (κ2) is 8.80. The zero-order valence-corrected chi connectivity index (χ0v) is 11.5. The largest absolute Gasteiger partial charge is 2.00 e. The molecule has 0 nitrogen and oxygen atoms in total. The summed E-state index contributed by atoms with van der Waals surface area (Å²) in [6.07, 6.45) is 8.92. The van der Waals surface area contributed by atoms with Crippen molar-refractivity contribution in [1.29, 1.82) is 0 Å². The molecule has 1 radical (unpaired) electrons. The molecule has 85 valence electrons. The van der Waals surface area contributed by atoms with Crippen molar-refractivity contribution >= 4 is 0 Å². The van der Waals surface area contributed by atoms with Gasteiger partial charge in [-0.05, 0) is 0 Å². The Morgan fingerprint density at radius 1 is 1.21 bits per heavy atom. The first-order valence-electron chi connectivity index (χ1n) is 5.74. The van der Waals surface area contributed by atoms with Gasteiger partial charge in [-0.15, -0.1) is 0 Å². The molecule has 0 aromatic heterocycles. The summed E-state index contributed by atoms with van der Waals surface area (Å²) in [7, 11) is 0. The molecular formula is C13H26Mn. The summed E-state index contributed by atoms with van der Waals surface area (Å²) in [5.74, 6) is 4.11. The van der Waals surface area contributed by atoms with Crippen LogP contribution in [0.15, 0.2) is 0 Å². The molecule has 2 atom stereocenters. The van der Waals surface area contributed by atoms with E-state index in [4.69, 9.17) is 0 Å². The first kappa shape index (κ1) is 16.9. The van der Waals surface area contributed by atoms with E-state index in [0.29, 0.717) is 0 Å². The molecule has 0 amide bonds.